The fraction of sp³-hybridized carbons (Fsp3) is 0.455. The lowest BCUT2D eigenvalue weighted by atomic mass is 10.0. The number of benzene rings is 1. The van der Waals surface area contributed by atoms with Gasteiger partial charge in [0, 0.05) is 24.6 Å². The number of nitrogens with one attached hydrogen (secondary N) is 1. The van der Waals surface area contributed by atoms with E-state index in [1.165, 1.54) is 18.2 Å². The van der Waals surface area contributed by atoms with Crippen molar-refractivity contribution in [2.45, 2.75) is 18.6 Å². The molecule has 0 aliphatic carbocycles. The van der Waals surface area contributed by atoms with Gasteiger partial charge in [-0.1, -0.05) is 11.2 Å². The van der Waals surface area contributed by atoms with Crippen LogP contribution >= 0.6 is 0 Å². The molecule has 1 aromatic rings. The van der Waals surface area contributed by atoms with E-state index >= 15 is 0 Å². The number of aliphatic hydroxyl groups is 2. The van der Waals surface area contributed by atoms with Crippen molar-refractivity contribution >= 4 is 11.4 Å². The maximum Gasteiger partial charge on any atom is 0.292 e. The number of nitro benzene ring substituents is 1. The van der Waals surface area contributed by atoms with E-state index in [0.29, 0.717) is 5.69 Å². The molecule has 9 nitrogen and oxygen atoms in total. The van der Waals surface area contributed by atoms with Crippen LogP contribution in [-0.2, 0) is 0 Å². The molecule has 1 aromatic carbocycles. The summed E-state index contributed by atoms with van der Waals surface area (Å²) < 4.78 is 0. The summed E-state index contributed by atoms with van der Waals surface area (Å²) in [6, 6.07) is 4.14. The van der Waals surface area contributed by atoms with Crippen molar-refractivity contribution in [1.82, 2.24) is 0 Å². The van der Waals surface area contributed by atoms with Gasteiger partial charge in [-0.3, -0.25) is 10.1 Å². The maximum absolute atomic E-state index is 10.9. The average molecular weight is 281 g/mol. The second-order valence-corrected chi connectivity index (χ2v) is 4.04. The molecule has 0 radical (unpaired) electrons. The Morgan fingerprint density at radius 2 is 2.25 bits per heavy atom. The van der Waals surface area contributed by atoms with E-state index in [1.54, 1.807) is 7.05 Å². The van der Waals surface area contributed by atoms with E-state index in [1.807, 2.05) is 0 Å². The van der Waals surface area contributed by atoms with Gasteiger partial charge in [0.05, 0.1) is 11.0 Å². The molecular weight excluding hydrogens is 266 g/mol. The number of hydrogen-bond acceptors (Lipinski definition) is 6. The summed E-state index contributed by atoms with van der Waals surface area (Å²) in [5.74, 6) is 0. The lowest BCUT2D eigenvalue weighted by Gasteiger charge is -2.17. The third-order valence-electron chi connectivity index (χ3n) is 2.78. The van der Waals surface area contributed by atoms with Crippen LogP contribution in [0.3, 0.4) is 0 Å². The Labute approximate surface area is 114 Å². The van der Waals surface area contributed by atoms with Gasteiger partial charge in [-0.25, -0.2) is 0 Å². The number of anilines is 1. The highest BCUT2D eigenvalue weighted by Crippen LogP contribution is 2.29. The van der Waals surface area contributed by atoms with Crippen LogP contribution in [0.25, 0.3) is 10.4 Å². The number of hydrogen-bond donors (Lipinski definition) is 3. The number of nitrogens with zero attached hydrogens (tertiary/aromatic N) is 4. The van der Waals surface area contributed by atoms with Crippen LogP contribution in [0.15, 0.2) is 23.3 Å². The Morgan fingerprint density at radius 1 is 1.55 bits per heavy atom. The van der Waals surface area contributed by atoms with Crippen molar-refractivity contribution in [3.63, 3.8) is 0 Å². The minimum absolute atomic E-state index is 0.0332. The molecule has 2 atom stereocenters. The molecule has 0 aromatic heterocycles. The normalized spacial score (nSPS) is 13.2. The van der Waals surface area contributed by atoms with Gasteiger partial charge in [-0.05, 0) is 23.6 Å². The van der Waals surface area contributed by atoms with Crippen molar-refractivity contribution in [3.8, 4) is 0 Å². The first-order valence-corrected chi connectivity index (χ1v) is 5.84. The van der Waals surface area contributed by atoms with Gasteiger partial charge in [-0.15, -0.1) is 0 Å². The summed E-state index contributed by atoms with van der Waals surface area (Å²) in [5, 5.41) is 36.5. The van der Waals surface area contributed by atoms with Gasteiger partial charge < -0.3 is 15.5 Å². The summed E-state index contributed by atoms with van der Waals surface area (Å²) in [7, 11) is 1.55. The second kappa shape index (κ2) is 7.29. The monoisotopic (exact) mass is 281 g/mol. The van der Waals surface area contributed by atoms with Gasteiger partial charge in [0.1, 0.15) is 11.8 Å². The van der Waals surface area contributed by atoms with Gasteiger partial charge >= 0.3 is 0 Å². The third-order valence-corrected chi connectivity index (χ3v) is 2.78. The molecular formula is C11H15N5O4. The lowest BCUT2D eigenvalue weighted by Crippen LogP contribution is -2.19. The van der Waals surface area contributed by atoms with E-state index in [0.717, 1.165) is 0 Å². The molecule has 0 heterocycles. The Kier molecular flexibility index (Phi) is 5.73. The molecule has 2 unspecified atom stereocenters. The molecule has 108 valence electrons. The summed E-state index contributed by atoms with van der Waals surface area (Å²) >= 11 is 0. The van der Waals surface area contributed by atoms with Crippen LogP contribution < -0.4 is 5.32 Å². The molecule has 0 amide bonds. The minimum Gasteiger partial charge on any atom is -0.390 e. The van der Waals surface area contributed by atoms with Crippen molar-refractivity contribution in [2.24, 2.45) is 5.11 Å². The first kappa shape index (κ1) is 15.7. The van der Waals surface area contributed by atoms with Crippen LogP contribution in [-0.4, -0.2) is 34.8 Å². The number of azide groups is 1. The molecule has 0 fully saturated rings. The number of rotatable bonds is 7. The highest BCUT2D eigenvalue weighted by atomic mass is 16.6. The van der Waals surface area contributed by atoms with Crippen molar-refractivity contribution in [3.05, 3.63) is 44.3 Å². The molecule has 9 heteroatoms. The predicted octanol–water partition coefficient (Wildman–Crippen LogP) is 1.73. The number of aliphatic hydroxyl groups excluding tert-OH is 2. The fourth-order valence-electron chi connectivity index (χ4n) is 1.71. The van der Waals surface area contributed by atoms with Gasteiger partial charge in [0.25, 0.3) is 5.69 Å². The van der Waals surface area contributed by atoms with Crippen molar-refractivity contribution in [1.29, 1.82) is 0 Å². The highest BCUT2D eigenvalue weighted by molar-refractivity contribution is 5.62. The Bertz CT molecular complexity index is 530. The molecule has 0 bridgehead atoms. The first-order valence-electron chi connectivity index (χ1n) is 5.84. The fourth-order valence-corrected chi connectivity index (χ4v) is 1.71. The molecule has 20 heavy (non-hydrogen) atoms. The van der Waals surface area contributed by atoms with Gasteiger partial charge in [-0.2, -0.15) is 0 Å². The molecule has 0 spiro atoms. The summed E-state index contributed by atoms with van der Waals surface area (Å²) in [4.78, 5) is 12.9. The minimum atomic E-state index is -1.28. The quantitative estimate of drug-likeness (QED) is 0.229. The van der Waals surface area contributed by atoms with Gasteiger partial charge in [0.2, 0.25) is 0 Å². The first-order chi connectivity index (χ1) is 9.51. The Morgan fingerprint density at radius 3 is 2.80 bits per heavy atom. The molecule has 3 N–H and O–H groups in total. The molecule has 1 rings (SSSR count). The number of nitro groups is 1. The molecule has 0 saturated carbocycles. The van der Waals surface area contributed by atoms with E-state index in [2.05, 4.69) is 15.3 Å². The zero-order valence-corrected chi connectivity index (χ0v) is 10.8. The molecule has 0 saturated heterocycles. The third kappa shape index (κ3) is 3.82. The summed E-state index contributed by atoms with van der Waals surface area (Å²) in [6.45, 7) is 0.0332. The standard InChI is InChI=1S/C11H15N5O4/c1-13-8-3-2-7(6-9(8)16(19)20)11(18)10(17)4-5-14-15-12/h2-3,6,10-11,13,17-18H,4-5H2,1H3. The zero-order chi connectivity index (χ0) is 15.1. The van der Waals surface area contributed by atoms with E-state index in [9.17, 15) is 20.3 Å². The van der Waals surface area contributed by atoms with E-state index in [-0.39, 0.29) is 24.2 Å². The molecule has 0 aliphatic heterocycles. The van der Waals surface area contributed by atoms with Crippen LogP contribution in [0.4, 0.5) is 11.4 Å². The zero-order valence-electron chi connectivity index (χ0n) is 10.8. The predicted molar refractivity (Wildman–Crippen MR) is 72.2 cm³/mol. The van der Waals surface area contributed by atoms with Crippen molar-refractivity contribution < 1.29 is 15.1 Å². The maximum atomic E-state index is 10.9. The van der Waals surface area contributed by atoms with Crippen LogP contribution in [0.1, 0.15) is 18.1 Å². The summed E-state index contributed by atoms with van der Waals surface area (Å²) in [6.07, 6.45) is -2.39. The van der Waals surface area contributed by atoms with Crippen molar-refractivity contribution in [2.75, 3.05) is 18.9 Å². The Hall–Kier alpha value is -2.35. The van der Waals surface area contributed by atoms with E-state index in [4.69, 9.17) is 5.53 Å². The van der Waals surface area contributed by atoms with E-state index < -0.39 is 17.1 Å². The van der Waals surface area contributed by atoms with Crippen LogP contribution in [0.2, 0.25) is 0 Å². The topological polar surface area (TPSA) is 144 Å². The largest absolute Gasteiger partial charge is 0.390 e. The smallest absolute Gasteiger partial charge is 0.292 e. The highest BCUT2D eigenvalue weighted by Gasteiger charge is 2.22. The van der Waals surface area contributed by atoms with Crippen LogP contribution in [0.5, 0.6) is 0 Å². The lowest BCUT2D eigenvalue weighted by molar-refractivity contribution is -0.384. The summed E-state index contributed by atoms with van der Waals surface area (Å²) in [5.41, 5.74) is 8.47. The van der Waals surface area contributed by atoms with Crippen LogP contribution in [0, 0.1) is 10.1 Å². The second-order valence-electron chi connectivity index (χ2n) is 4.04. The molecule has 0 aliphatic rings. The SMILES string of the molecule is CNc1ccc(C(O)C(O)CCN=[N+]=[N-])cc1[N+](=O)[O-]. The average Bonchev–Trinajstić information content (AvgIpc) is 2.45. The van der Waals surface area contributed by atoms with Gasteiger partial charge in [0.15, 0.2) is 0 Å². The Balaban J connectivity index is 2.92.